The van der Waals surface area contributed by atoms with Crippen molar-refractivity contribution in [1.29, 1.82) is 0 Å². The van der Waals surface area contributed by atoms with E-state index in [-0.39, 0.29) is 17.5 Å². The molecule has 124 valence electrons. The number of amides is 2. The Morgan fingerprint density at radius 1 is 1.26 bits per heavy atom. The molecule has 0 aromatic heterocycles. The number of carbonyl (C=O) groups is 2. The molecular weight excluding hydrogens is 296 g/mol. The third kappa shape index (κ3) is 5.45. The molecule has 1 heterocycles. The molecule has 0 radical (unpaired) electrons. The van der Waals surface area contributed by atoms with Crippen LogP contribution >= 0.6 is 0 Å². The van der Waals surface area contributed by atoms with Crippen LogP contribution in [0.15, 0.2) is 34.5 Å². The molecule has 0 saturated carbocycles. The van der Waals surface area contributed by atoms with E-state index >= 15 is 0 Å². The van der Waals surface area contributed by atoms with Crippen LogP contribution in [0.25, 0.3) is 0 Å². The quantitative estimate of drug-likeness (QED) is 0.678. The Bertz CT molecular complexity index is 595. The lowest BCUT2D eigenvalue weighted by atomic mass is 10.1. The lowest BCUT2D eigenvalue weighted by molar-refractivity contribution is -0.121. The molecule has 0 spiro atoms. The number of nitrogens with one attached hydrogen (secondary N) is 2. The maximum absolute atomic E-state index is 11.7. The summed E-state index contributed by atoms with van der Waals surface area (Å²) in [5.74, 6) is -0.167. The third-order valence-electron chi connectivity index (χ3n) is 3.58. The summed E-state index contributed by atoms with van der Waals surface area (Å²) in [4.78, 5) is 23.4. The highest BCUT2D eigenvalue weighted by atomic mass is 16.5. The van der Waals surface area contributed by atoms with Crippen LogP contribution in [0.3, 0.4) is 0 Å². The smallest absolute Gasteiger partial charge is 0.251 e. The average Bonchev–Trinajstić information content (AvgIpc) is 3.30. The zero-order valence-corrected chi connectivity index (χ0v) is 13.5. The summed E-state index contributed by atoms with van der Waals surface area (Å²) in [5.41, 5.74) is 1.09. The Morgan fingerprint density at radius 2 is 2.00 bits per heavy atom. The molecule has 0 fully saturated rings. The van der Waals surface area contributed by atoms with E-state index in [1.54, 1.807) is 13.1 Å². The summed E-state index contributed by atoms with van der Waals surface area (Å²) in [7, 11) is 1.60. The van der Waals surface area contributed by atoms with Crippen molar-refractivity contribution in [2.45, 2.75) is 32.0 Å². The Balaban J connectivity index is 1.63. The van der Waals surface area contributed by atoms with Crippen molar-refractivity contribution in [2.75, 3.05) is 20.2 Å². The average molecular weight is 318 g/mol. The van der Waals surface area contributed by atoms with Gasteiger partial charge in [0.2, 0.25) is 5.91 Å². The summed E-state index contributed by atoms with van der Waals surface area (Å²) in [6.07, 6.45) is 1.04. The van der Waals surface area contributed by atoms with Gasteiger partial charge < -0.3 is 15.4 Å². The van der Waals surface area contributed by atoms with Crippen LogP contribution in [-0.4, -0.2) is 37.7 Å². The maximum Gasteiger partial charge on any atom is 0.251 e. The molecule has 1 aliphatic heterocycles. The molecule has 7 heteroatoms. The van der Waals surface area contributed by atoms with Gasteiger partial charge in [0.05, 0.1) is 13.2 Å². The molecule has 1 aliphatic rings. The van der Waals surface area contributed by atoms with Gasteiger partial charge in [0.15, 0.2) is 5.66 Å². The lowest BCUT2D eigenvalue weighted by Crippen LogP contribution is -2.28. The molecule has 0 saturated heterocycles. The van der Waals surface area contributed by atoms with Crippen molar-refractivity contribution in [1.82, 2.24) is 10.6 Å². The molecule has 2 N–H and O–H groups in total. The molecular formula is C16H22N4O3. The summed E-state index contributed by atoms with van der Waals surface area (Å²) >= 11 is 0. The van der Waals surface area contributed by atoms with Crippen molar-refractivity contribution in [2.24, 2.45) is 10.2 Å². The summed E-state index contributed by atoms with van der Waals surface area (Å²) in [5, 5.41) is 13.1. The molecule has 0 bridgehead atoms. The fourth-order valence-electron chi connectivity index (χ4n) is 2.07. The number of hydrogen-bond donors (Lipinski definition) is 2. The minimum absolute atomic E-state index is 0.0297. The Morgan fingerprint density at radius 3 is 2.70 bits per heavy atom. The van der Waals surface area contributed by atoms with Crippen LogP contribution in [0.1, 0.15) is 35.7 Å². The number of rotatable bonds is 9. The monoisotopic (exact) mass is 318 g/mol. The summed E-state index contributed by atoms with van der Waals surface area (Å²) < 4.78 is 5.53. The number of carbonyl (C=O) groups excluding carboxylic acids is 2. The highest BCUT2D eigenvalue weighted by Gasteiger charge is 2.33. The van der Waals surface area contributed by atoms with E-state index < -0.39 is 0 Å². The zero-order valence-electron chi connectivity index (χ0n) is 13.5. The molecule has 0 unspecified atom stereocenters. The van der Waals surface area contributed by atoms with Crippen molar-refractivity contribution in [3.63, 3.8) is 0 Å². The number of hydrogen-bond acceptors (Lipinski definition) is 5. The van der Waals surface area contributed by atoms with E-state index in [4.69, 9.17) is 4.74 Å². The summed E-state index contributed by atoms with van der Waals surface area (Å²) in [6.45, 7) is 3.05. The Hall–Kier alpha value is -2.28. The van der Waals surface area contributed by atoms with Crippen molar-refractivity contribution in [3.05, 3.63) is 35.4 Å². The van der Waals surface area contributed by atoms with E-state index in [0.29, 0.717) is 38.2 Å². The largest absolute Gasteiger partial charge is 0.375 e. The maximum atomic E-state index is 11.7. The highest BCUT2D eigenvalue weighted by molar-refractivity contribution is 5.95. The second-order valence-electron chi connectivity index (χ2n) is 5.56. The van der Waals surface area contributed by atoms with E-state index in [9.17, 15) is 9.59 Å². The van der Waals surface area contributed by atoms with E-state index in [1.807, 2.05) is 25.1 Å². The van der Waals surface area contributed by atoms with Gasteiger partial charge in [0.1, 0.15) is 0 Å². The van der Waals surface area contributed by atoms with Gasteiger partial charge in [-0.05, 0) is 18.6 Å². The van der Waals surface area contributed by atoms with Crippen LogP contribution in [0, 0.1) is 0 Å². The highest BCUT2D eigenvalue weighted by Crippen LogP contribution is 2.31. The van der Waals surface area contributed by atoms with E-state index in [0.717, 1.165) is 5.56 Å². The van der Waals surface area contributed by atoms with Gasteiger partial charge in [-0.2, -0.15) is 10.2 Å². The minimum Gasteiger partial charge on any atom is -0.375 e. The van der Waals surface area contributed by atoms with E-state index in [2.05, 4.69) is 20.9 Å². The van der Waals surface area contributed by atoms with Gasteiger partial charge in [0.25, 0.3) is 5.91 Å². The van der Waals surface area contributed by atoms with Crippen molar-refractivity contribution in [3.8, 4) is 0 Å². The molecule has 0 aliphatic carbocycles. The third-order valence-corrected chi connectivity index (χ3v) is 3.58. The molecule has 1 aromatic rings. The van der Waals surface area contributed by atoms with Crippen molar-refractivity contribution < 1.29 is 14.3 Å². The zero-order chi connectivity index (χ0) is 16.7. The fourth-order valence-corrected chi connectivity index (χ4v) is 2.07. The molecule has 2 rings (SSSR count). The van der Waals surface area contributed by atoms with Gasteiger partial charge in [-0.3, -0.25) is 9.59 Å². The summed E-state index contributed by atoms with van der Waals surface area (Å²) in [6, 6.07) is 7.29. The lowest BCUT2D eigenvalue weighted by Gasteiger charge is -2.10. The first-order chi connectivity index (χ1) is 11.0. The SMILES string of the molecule is CNC(=O)c1ccccc1COCCNC(=O)CCC1(C)N=N1. The van der Waals surface area contributed by atoms with Crippen LogP contribution in [0.4, 0.5) is 0 Å². The van der Waals surface area contributed by atoms with Gasteiger partial charge >= 0.3 is 0 Å². The van der Waals surface area contributed by atoms with Crippen LogP contribution in [0.5, 0.6) is 0 Å². The number of ether oxygens (including phenoxy) is 1. The van der Waals surface area contributed by atoms with Gasteiger partial charge in [0, 0.05) is 32.0 Å². The molecule has 0 atom stereocenters. The fraction of sp³-hybridized carbons (Fsp3) is 0.500. The predicted molar refractivity (Wildman–Crippen MR) is 85.0 cm³/mol. The van der Waals surface area contributed by atoms with Crippen molar-refractivity contribution >= 4 is 11.8 Å². The first-order valence-corrected chi connectivity index (χ1v) is 7.62. The molecule has 23 heavy (non-hydrogen) atoms. The van der Waals surface area contributed by atoms with Crippen LogP contribution in [0.2, 0.25) is 0 Å². The number of nitrogens with zero attached hydrogens (tertiary/aromatic N) is 2. The first-order valence-electron chi connectivity index (χ1n) is 7.62. The number of benzene rings is 1. The predicted octanol–water partition coefficient (Wildman–Crippen LogP) is 1.64. The minimum atomic E-state index is -0.336. The molecule has 7 nitrogen and oxygen atoms in total. The van der Waals surface area contributed by atoms with Crippen LogP contribution < -0.4 is 10.6 Å². The normalized spacial score (nSPS) is 14.3. The topological polar surface area (TPSA) is 92.2 Å². The first kappa shape index (κ1) is 17.1. The Kier molecular flexibility index (Phi) is 5.81. The van der Waals surface area contributed by atoms with Gasteiger partial charge in [-0.25, -0.2) is 0 Å². The standard InChI is InChI=1S/C16H22N4O3/c1-16(19-20-16)8-7-14(21)18-9-10-23-11-12-5-3-4-6-13(12)15(22)17-2/h3-6H,7-11H2,1-2H3,(H,17,22)(H,18,21). The molecule has 1 aromatic carbocycles. The van der Waals surface area contributed by atoms with Crippen LogP contribution in [-0.2, 0) is 16.1 Å². The van der Waals surface area contributed by atoms with E-state index in [1.165, 1.54) is 0 Å². The second kappa shape index (κ2) is 7.82. The second-order valence-corrected chi connectivity index (χ2v) is 5.56. The molecule has 2 amide bonds. The van der Waals surface area contributed by atoms with Gasteiger partial charge in [-0.15, -0.1) is 0 Å². The Labute approximate surface area is 135 Å². The van der Waals surface area contributed by atoms with Gasteiger partial charge in [-0.1, -0.05) is 18.2 Å².